The van der Waals surface area contributed by atoms with Gasteiger partial charge in [0.2, 0.25) is 10.0 Å². The first kappa shape index (κ1) is 17.1. The fraction of sp³-hybridized carbons (Fsp3) is 0.375. The van der Waals surface area contributed by atoms with Crippen LogP contribution in [0.25, 0.3) is 0 Å². The van der Waals surface area contributed by atoms with Crippen molar-refractivity contribution >= 4 is 21.4 Å². The van der Waals surface area contributed by atoms with Crippen LogP contribution in [-0.4, -0.2) is 20.1 Å². The molecule has 0 bridgehead atoms. The number of nitrogens with one attached hydrogen (secondary N) is 1. The maximum absolute atomic E-state index is 12.4. The third kappa shape index (κ3) is 3.95. The zero-order valence-electron chi connectivity index (χ0n) is 13.0. The van der Waals surface area contributed by atoms with Gasteiger partial charge in [0.25, 0.3) is 0 Å². The first-order valence-corrected chi connectivity index (χ1v) is 9.51. The Labute approximate surface area is 135 Å². The second-order valence-corrected chi connectivity index (χ2v) is 7.98. The van der Waals surface area contributed by atoms with E-state index in [9.17, 15) is 13.5 Å². The lowest BCUT2D eigenvalue weighted by Gasteiger charge is -2.13. The van der Waals surface area contributed by atoms with Crippen LogP contribution in [0.15, 0.2) is 33.9 Å². The van der Waals surface area contributed by atoms with Crippen molar-refractivity contribution in [1.82, 2.24) is 4.72 Å². The molecule has 0 saturated carbocycles. The van der Waals surface area contributed by atoms with Crippen LogP contribution in [0.4, 0.5) is 0 Å². The van der Waals surface area contributed by atoms with E-state index in [0.717, 1.165) is 22.3 Å². The molecule has 0 unspecified atom stereocenters. The van der Waals surface area contributed by atoms with Gasteiger partial charge in [-0.15, -0.1) is 0 Å². The molecule has 0 spiro atoms. The smallest absolute Gasteiger partial charge is 0.240 e. The highest BCUT2D eigenvalue weighted by molar-refractivity contribution is 7.89. The fourth-order valence-electron chi connectivity index (χ4n) is 2.26. The third-order valence-electron chi connectivity index (χ3n) is 3.72. The Balaban J connectivity index is 2.04. The van der Waals surface area contributed by atoms with E-state index < -0.39 is 16.1 Å². The number of hydrogen-bond acceptors (Lipinski definition) is 4. The highest BCUT2D eigenvalue weighted by Gasteiger charge is 2.18. The molecule has 0 radical (unpaired) electrons. The summed E-state index contributed by atoms with van der Waals surface area (Å²) in [5.74, 6) is 0. The maximum atomic E-state index is 12.4. The summed E-state index contributed by atoms with van der Waals surface area (Å²) in [5, 5.41) is 13.7. The van der Waals surface area contributed by atoms with Crippen LogP contribution < -0.4 is 4.72 Å². The van der Waals surface area contributed by atoms with Gasteiger partial charge in [0.1, 0.15) is 0 Å². The molecule has 0 amide bonds. The Morgan fingerprint density at radius 3 is 2.50 bits per heavy atom. The van der Waals surface area contributed by atoms with E-state index in [-0.39, 0.29) is 6.54 Å². The van der Waals surface area contributed by atoms with Gasteiger partial charge in [-0.2, -0.15) is 11.3 Å². The lowest BCUT2D eigenvalue weighted by molar-refractivity contribution is 0.169. The molecule has 0 aliphatic heterocycles. The molecule has 2 aromatic rings. The van der Waals surface area contributed by atoms with Crippen LogP contribution in [0.2, 0.25) is 0 Å². The maximum Gasteiger partial charge on any atom is 0.240 e. The molecule has 1 heterocycles. The van der Waals surface area contributed by atoms with E-state index in [4.69, 9.17) is 0 Å². The fourth-order valence-corrected chi connectivity index (χ4v) is 4.33. The van der Waals surface area contributed by atoms with E-state index in [1.165, 1.54) is 11.3 Å². The molecule has 1 atom stereocenters. The van der Waals surface area contributed by atoms with E-state index in [2.05, 4.69) is 4.72 Å². The summed E-state index contributed by atoms with van der Waals surface area (Å²) in [4.78, 5) is 0.306. The second-order valence-electron chi connectivity index (χ2n) is 5.46. The Hall–Kier alpha value is -1.21. The van der Waals surface area contributed by atoms with Gasteiger partial charge >= 0.3 is 0 Å². The molecule has 120 valence electrons. The Bertz CT molecular complexity index is 737. The van der Waals surface area contributed by atoms with Gasteiger partial charge in [0.15, 0.2) is 0 Å². The number of thiophene rings is 1. The van der Waals surface area contributed by atoms with Crippen molar-refractivity contribution in [2.45, 2.75) is 38.2 Å². The van der Waals surface area contributed by atoms with Crippen molar-refractivity contribution < 1.29 is 13.5 Å². The monoisotopic (exact) mass is 339 g/mol. The molecule has 1 aromatic carbocycles. The first-order valence-electron chi connectivity index (χ1n) is 7.09. The van der Waals surface area contributed by atoms with Crippen LogP contribution in [0, 0.1) is 20.8 Å². The molecule has 0 fully saturated rings. The number of hydrogen-bond donors (Lipinski definition) is 2. The largest absolute Gasteiger partial charge is 0.388 e. The van der Waals surface area contributed by atoms with Crippen molar-refractivity contribution in [3.63, 3.8) is 0 Å². The zero-order chi connectivity index (χ0) is 16.3. The van der Waals surface area contributed by atoms with Gasteiger partial charge in [-0.25, -0.2) is 13.1 Å². The summed E-state index contributed by atoms with van der Waals surface area (Å²) in [6.07, 6.45) is -0.297. The molecule has 2 N–H and O–H groups in total. The Morgan fingerprint density at radius 1 is 1.18 bits per heavy atom. The van der Waals surface area contributed by atoms with Gasteiger partial charge in [0, 0.05) is 6.54 Å². The molecule has 0 aliphatic carbocycles. The van der Waals surface area contributed by atoms with Crippen LogP contribution in [-0.2, 0) is 10.0 Å². The topological polar surface area (TPSA) is 66.4 Å². The molecular weight excluding hydrogens is 318 g/mol. The number of benzene rings is 1. The Morgan fingerprint density at radius 2 is 1.86 bits per heavy atom. The van der Waals surface area contributed by atoms with Gasteiger partial charge in [0.05, 0.1) is 11.0 Å². The highest BCUT2D eigenvalue weighted by atomic mass is 32.2. The molecule has 4 nitrogen and oxygen atoms in total. The molecule has 6 heteroatoms. The average Bonchev–Trinajstić information content (AvgIpc) is 2.96. The standard InChI is InChI=1S/C16H21NO3S2/c1-11-8-13(3)16(9-12(11)2)22(19,20)17-6-4-15(18)14-5-7-21-10-14/h5,7-10,15,17-18H,4,6H2,1-3H3/t15-/m1/s1. The van der Waals surface area contributed by atoms with Crippen molar-refractivity contribution in [3.8, 4) is 0 Å². The molecule has 1 aromatic heterocycles. The number of aryl methyl sites for hydroxylation is 3. The minimum Gasteiger partial charge on any atom is -0.388 e. The van der Waals surface area contributed by atoms with Crippen LogP contribution in [0.3, 0.4) is 0 Å². The van der Waals surface area contributed by atoms with Crippen molar-refractivity contribution in [2.75, 3.05) is 6.54 Å². The summed E-state index contributed by atoms with van der Waals surface area (Å²) in [6.45, 7) is 5.85. The van der Waals surface area contributed by atoms with Gasteiger partial charge in [-0.05, 0) is 72.3 Å². The predicted molar refractivity (Wildman–Crippen MR) is 89.7 cm³/mol. The van der Waals surface area contributed by atoms with Crippen LogP contribution in [0.5, 0.6) is 0 Å². The SMILES string of the molecule is Cc1cc(C)c(S(=O)(=O)NCC[C@@H](O)c2ccsc2)cc1C. The molecule has 0 aliphatic rings. The number of rotatable bonds is 6. The van der Waals surface area contributed by atoms with E-state index in [0.29, 0.717) is 11.3 Å². The zero-order valence-corrected chi connectivity index (χ0v) is 14.6. The van der Waals surface area contributed by atoms with Crippen molar-refractivity contribution in [2.24, 2.45) is 0 Å². The summed E-state index contributed by atoms with van der Waals surface area (Å²) < 4.78 is 27.4. The Kier molecular flexibility index (Phi) is 5.39. The average molecular weight is 339 g/mol. The lowest BCUT2D eigenvalue weighted by Crippen LogP contribution is -2.26. The van der Waals surface area contributed by atoms with E-state index >= 15 is 0 Å². The summed E-state index contributed by atoms with van der Waals surface area (Å²) in [6, 6.07) is 5.42. The van der Waals surface area contributed by atoms with E-state index in [1.54, 1.807) is 13.0 Å². The molecule has 2 rings (SSSR count). The molecular formula is C16H21NO3S2. The quantitative estimate of drug-likeness (QED) is 0.850. The van der Waals surface area contributed by atoms with Crippen molar-refractivity contribution in [3.05, 3.63) is 51.2 Å². The third-order valence-corrected chi connectivity index (χ3v) is 6.02. The van der Waals surface area contributed by atoms with Crippen LogP contribution >= 0.6 is 11.3 Å². The minimum absolute atomic E-state index is 0.200. The number of sulfonamides is 1. The summed E-state index contributed by atoms with van der Waals surface area (Å²) in [5.41, 5.74) is 3.58. The number of aliphatic hydroxyl groups is 1. The van der Waals surface area contributed by atoms with Crippen LogP contribution in [0.1, 0.15) is 34.8 Å². The van der Waals surface area contributed by atoms with Gasteiger partial charge < -0.3 is 5.11 Å². The predicted octanol–water partition coefficient (Wildman–Crippen LogP) is 3.08. The summed E-state index contributed by atoms with van der Waals surface area (Å²) >= 11 is 1.51. The number of aliphatic hydroxyl groups excluding tert-OH is 1. The van der Waals surface area contributed by atoms with E-state index in [1.807, 2.05) is 36.7 Å². The second kappa shape index (κ2) is 6.91. The summed E-state index contributed by atoms with van der Waals surface area (Å²) in [7, 11) is -3.55. The molecule has 0 saturated heterocycles. The normalized spacial score (nSPS) is 13.3. The van der Waals surface area contributed by atoms with Crippen molar-refractivity contribution in [1.29, 1.82) is 0 Å². The first-order chi connectivity index (χ1) is 10.3. The van der Waals surface area contributed by atoms with Gasteiger partial charge in [-0.1, -0.05) is 6.07 Å². The molecule has 22 heavy (non-hydrogen) atoms. The minimum atomic E-state index is -3.55. The van der Waals surface area contributed by atoms with Gasteiger partial charge in [-0.3, -0.25) is 0 Å². The lowest BCUT2D eigenvalue weighted by atomic mass is 10.1. The highest BCUT2D eigenvalue weighted by Crippen LogP contribution is 2.21.